The van der Waals surface area contributed by atoms with Crippen molar-refractivity contribution < 1.29 is 24.6 Å². The van der Waals surface area contributed by atoms with Crippen LogP contribution in [0.3, 0.4) is 0 Å². The number of carboxylic acids is 2. The molecule has 7 nitrogen and oxygen atoms in total. The highest BCUT2D eigenvalue weighted by Gasteiger charge is 2.24. The van der Waals surface area contributed by atoms with Gasteiger partial charge in [0.05, 0.1) is 0 Å². The van der Waals surface area contributed by atoms with Crippen LogP contribution in [0.15, 0.2) is 12.2 Å². The van der Waals surface area contributed by atoms with Gasteiger partial charge in [0.15, 0.2) is 0 Å². The molecule has 0 aromatic heterocycles. The second kappa shape index (κ2) is 9.19. The van der Waals surface area contributed by atoms with Gasteiger partial charge in [-0.25, -0.2) is 9.59 Å². The summed E-state index contributed by atoms with van der Waals surface area (Å²) < 4.78 is 0. The molecule has 0 aromatic rings. The standard InChI is InChI=1S/C13H22N2O.C2H2O4/c14-13(16)12-6-8-15(9-7-12)10-11-4-2-1-3-5-11;3-1(4)2(5)6/h1-2,11-12H,3-10H2,(H2,14,16);(H,3,4)(H,5,6). The number of carbonyl (C=O) groups excluding carboxylic acids is 1. The predicted molar refractivity (Wildman–Crippen MR) is 80.1 cm³/mol. The molecule has 124 valence electrons. The topological polar surface area (TPSA) is 121 Å². The molecule has 1 atom stereocenters. The van der Waals surface area contributed by atoms with E-state index in [2.05, 4.69) is 17.1 Å². The molecular formula is C15H24N2O5. The molecule has 1 aliphatic carbocycles. The van der Waals surface area contributed by atoms with E-state index in [1.54, 1.807) is 0 Å². The molecule has 22 heavy (non-hydrogen) atoms. The molecule has 1 fully saturated rings. The lowest BCUT2D eigenvalue weighted by Gasteiger charge is -2.33. The minimum atomic E-state index is -1.82. The average molecular weight is 312 g/mol. The first-order chi connectivity index (χ1) is 10.4. The minimum Gasteiger partial charge on any atom is -0.473 e. The molecule has 2 rings (SSSR count). The third kappa shape index (κ3) is 6.71. The van der Waals surface area contributed by atoms with Crippen LogP contribution >= 0.6 is 0 Å². The number of nitrogens with two attached hydrogens (primary N) is 1. The van der Waals surface area contributed by atoms with Crippen LogP contribution in [0.4, 0.5) is 0 Å². The van der Waals surface area contributed by atoms with Gasteiger partial charge in [0.2, 0.25) is 5.91 Å². The summed E-state index contributed by atoms with van der Waals surface area (Å²) in [7, 11) is 0. The summed E-state index contributed by atoms with van der Waals surface area (Å²) in [5.74, 6) is -2.80. The number of nitrogens with zero attached hydrogens (tertiary/aromatic N) is 1. The molecule has 0 radical (unpaired) electrons. The summed E-state index contributed by atoms with van der Waals surface area (Å²) in [6, 6.07) is 0. The van der Waals surface area contributed by atoms with Gasteiger partial charge in [0.1, 0.15) is 0 Å². The molecule has 4 N–H and O–H groups in total. The van der Waals surface area contributed by atoms with Crippen LogP contribution in [0.1, 0.15) is 32.1 Å². The summed E-state index contributed by atoms with van der Waals surface area (Å²) in [4.78, 5) is 31.7. The van der Waals surface area contributed by atoms with Crippen LogP contribution in [0.5, 0.6) is 0 Å². The zero-order chi connectivity index (χ0) is 16.5. The third-order valence-electron chi connectivity index (χ3n) is 4.07. The van der Waals surface area contributed by atoms with Crippen molar-refractivity contribution in [3.63, 3.8) is 0 Å². The van der Waals surface area contributed by atoms with E-state index in [-0.39, 0.29) is 11.8 Å². The number of primary amides is 1. The van der Waals surface area contributed by atoms with E-state index >= 15 is 0 Å². The quantitative estimate of drug-likeness (QED) is 0.521. The largest absolute Gasteiger partial charge is 0.473 e. The number of piperidine rings is 1. The summed E-state index contributed by atoms with van der Waals surface area (Å²) in [5, 5.41) is 14.8. The molecule has 1 unspecified atom stereocenters. The van der Waals surface area contributed by atoms with E-state index < -0.39 is 11.9 Å². The van der Waals surface area contributed by atoms with Crippen molar-refractivity contribution in [1.29, 1.82) is 0 Å². The van der Waals surface area contributed by atoms with Crippen molar-refractivity contribution in [3.05, 3.63) is 12.2 Å². The van der Waals surface area contributed by atoms with Crippen molar-refractivity contribution in [2.45, 2.75) is 32.1 Å². The Bertz CT molecular complexity index is 416. The number of hydrogen-bond donors (Lipinski definition) is 3. The average Bonchev–Trinajstić information content (AvgIpc) is 2.49. The number of likely N-dealkylation sites (tertiary alicyclic amines) is 1. The molecule has 1 aliphatic heterocycles. The van der Waals surface area contributed by atoms with Crippen molar-refractivity contribution in [2.75, 3.05) is 19.6 Å². The SMILES string of the molecule is NC(=O)C1CCN(CC2CC=CCC2)CC1.O=C(O)C(=O)O. The first-order valence-electron chi connectivity index (χ1n) is 7.53. The molecule has 1 amide bonds. The lowest BCUT2D eigenvalue weighted by Crippen LogP contribution is -2.40. The highest BCUT2D eigenvalue weighted by Crippen LogP contribution is 2.22. The number of aliphatic carboxylic acids is 2. The van der Waals surface area contributed by atoms with Gasteiger partial charge in [-0.3, -0.25) is 4.79 Å². The van der Waals surface area contributed by atoms with Crippen molar-refractivity contribution >= 4 is 17.8 Å². The fourth-order valence-electron chi connectivity index (χ4n) is 2.79. The van der Waals surface area contributed by atoms with Crippen LogP contribution in [-0.2, 0) is 14.4 Å². The summed E-state index contributed by atoms with van der Waals surface area (Å²) in [6.07, 6.45) is 10.3. The Morgan fingerprint density at radius 2 is 1.64 bits per heavy atom. The Balaban J connectivity index is 0.000000346. The summed E-state index contributed by atoms with van der Waals surface area (Å²) >= 11 is 0. The molecule has 1 heterocycles. The molecule has 0 saturated carbocycles. The highest BCUT2D eigenvalue weighted by molar-refractivity contribution is 6.27. The number of amides is 1. The van der Waals surface area contributed by atoms with Gasteiger partial charge in [-0.05, 0) is 51.1 Å². The molecule has 0 bridgehead atoms. The van der Waals surface area contributed by atoms with Crippen LogP contribution in [0, 0.1) is 11.8 Å². The molecule has 2 aliphatic rings. The van der Waals surface area contributed by atoms with Crippen LogP contribution in [0.25, 0.3) is 0 Å². The fourth-order valence-corrected chi connectivity index (χ4v) is 2.79. The van der Waals surface area contributed by atoms with Gasteiger partial charge in [-0.2, -0.15) is 0 Å². The van der Waals surface area contributed by atoms with E-state index in [0.717, 1.165) is 31.8 Å². The second-order valence-electron chi connectivity index (χ2n) is 5.74. The molecular weight excluding hydrogens is 288 g/mol. The maximum Gasteiger partial charge on any atom is 0.414 e. The Hall–Kier alpha value is -1.89. The van der Waals surface area contributed by atoms with Gasteiger partial charge < -0.3 is 20.8 Å². The van der Waals surface area contributed by atoms with Gasteiger partial charge in [-0.1, -0.05) is 12.2 Å². The van der Waals surface area contributed by atoms with Crippen LogP contribution < -0.4 is 5.73 Å². The predicted octanol–water partition coefficient (Wildman–Crippen LogP) is 0.696. The Morgan fingerprint density at radius 3 is 2.05 bits per heavy atom. The zero-order valence-electron chi connectivity index (χ0n) is 12.6. The Morgan fingerprint density at radius 1 is 1.05 bits per heavy atom. The van der Waals surface area contributed by atoms with Gasteiger partial charge >= 0.3 is 11.9 Å². The zero-order valence-corrected chi connectivity index (χ0v) is 12.6. The Labute approximate surface area is 129 Å². The first kappa shape index (κ1) is 18.2. The van der Waals surface area contributed by atoms with Gasteiger partial charge in [0.25, 0.3) is 0 Å². The highest BCUT2D eigenvalue weighted by atomic mass is 16.4. The van der Waals surface area contributed by atoms with Crippen molar-refractivity contribution in [3.8, 4) is 0 Å². The lowest BCUT2D eigenvalue weighted by molar-refractivity contribution is -0.159. The van der Waals surface area contributed by atoms with Crippen LogP contribution in [-0.4, -0.2) is 52.6 Å². The molecule has 0 aromatic carbocycles. The Kier molecular flexibility index (Phi) is 7.59. The lowest BCUT2D eigenvalue weighted by atomic mass is 9.91. The number of hydrogen-bond acceptors (Lipinski definition) is 4. The van der Waals surface area contributed by atoms with E-state index in [4.69, 9.17) is 25.5 Å². The van der Waals surface area contributed by atoms with E-state index in [9.17, 15) is 4.79 Å². The van der Waals surface area contributed by atoms with Gasteiger partial charge in [-0.15, -0.1) is 0 Å². The normalized spacial score (nSPS) is 22.5. The number of carbonyl (C=O) groups is 3. The number of carboxylic acid groups (broad SMARTS) is 2. The third-order valence-corrected chi connectivity index (χ3v) is 4.07. The number of allylic oxidation sites excluding steroid dienone is 2. The van der Waals surface area contributed by atoms with Crippen molar-refractivity contribution in [2.24, 2.45) is 17.6 Å². The number of rotatable bonds is 3. The summed E-state index contributed by atoms with van der Waals surface area (Å²) in [5.41, 5.74) is 5.33. The van der Waals surface area contributed by atoms with E-state index in [0.29, 0.717) is 0 Å². The van der Waals surface area contributed by atoms with Gasteiger partial charge in [0, 0.05) is 12.5 Å². The molecule has 1 saturated heterocycles. The first-order valence-corrected chi connectivity index (χ1v) is 7.53. The second-order valence-corrected chi connectivity index (χ2v) is 5.74. The maximum atomic E-state index is 11.0. The molecule has 7 heteroatoms. The minimum absolute atomic E-state index is 0.111. The summed E-state index contributed by atoms with van der Waals surface area (Å²) in [6.45, 7) is 3.30. The van der Waals surface area contributed by atoms with E-state index in [1.165, 1.54) is 25.8 Å². The smallest absolute Gasteiger partial charge is 0.414 e. The fraction of sp³-hybridized carbons (Fsp3) is 0.667. The monoisotopic (exact) mass is 312 g/mol. The van der Waals surface area contributed by atoms with E-state index in [1.807, 2.05) is 0 Å². The van der Waals surface area contributed by atoms with Crippen LogP contribution in [0.2, 0.25) is 0 Å². The maximum absolute atomic E-state index is 11.0. The molecule has 0 spiro atoms. The van der Waals surface area contributed by atoms with Crippen molar-refractivity contribution in [1.82, 2.24) is 4.90 Å².